The molecule has 0 saturated heterocycles. The zero-order chi connectivity index (χ0) is 23.3. The number of benzene rings is 1. The lowest BCUT2D eigenvalue weighted by Gasteiger charge is -2.33. The van der Waals surface area contributed by atoms with Crippen molar-refractivity contribution in [2.45, 2.75) is 78.6 Å². The van der Waals surface area contributed by atoms with Crippen LogP contribution in [-0.4, -0.2) is 26.2 Å². The molecule has 1 aromatic carbocycles. The third-order valence-electron chi connectivity index (χ3n) is 7.20. The smallest absolute Gasteiger partial charge is 0.303 e. The van der Waals surface area contributed by atoms with Gasteiger partial charge in [-0.05, 0) is 97.7 Å². The minimum atomic E-state index is -0.784. The van der Waals surface area contributed by atoms with E-state index in [-0.39, 0.29) is 11.8 Å². The van der Waals surface area contributed by atoms with E-state index in [1.807, 2.05) is 32.2 Å². The molecule has 33 heavy (non-hydrogen) atoms. The van der Waals surface area contributed by atoms with Crippen LogP contribution in [0.3, 0.4) is 0 Å². The second kappa shape index (κ2) is 8.08. The van der Waals surface area contributed by atoms with E-state index < -0.39 is 5.97 Å². The van der Waals surface area contributed by atoms with E-state index in [4.69, 9.17) is 19.6 Å². The minimum Gasteiger partial charge on any atom is -0.481 e. The Hall–Kier alpha value is -3.02. The van der Waals surface area contributed by atoms with Crippen molar-refractivity contribution in [3.05, 3.63) is 51.8 Å². The van der Waals surface area contributed by atoms with Crippen LogP contribution in [0.15, 0.2) is 22.9 Å². The van der Waals surface area contributed by atoms with Crippen LogP contribution in [0.4, 0.5) is 0 Å². The molecule has 5 rings (SSSR count). The Morgan fingerprint density at radius 2 is 1.91 bits per heavy atom. The van der Waals surface area contributed by atoms with Crippen LogP contribution in [0.5, 0.6) is 0 Å². The van der Waals surface area contributed by atoms with Crippen molar-refractivity contribution in [2.24, 2.45) is 5.41 Å². The molecule has 2 aliphatic carbocycles. The van der Waals surface area contributed by atoms with Crippen LogP contribution in [0.1, 0.15) is 79.0 Å². The van der Waals surface area contributed by atoms with Gasteiger partial charge >= 0.3 is 5.97 Å². The van der Waals surface area contributed by atoms with Crippen LogP contribution in [0.25, 0.3) is 22.8 Å². The third kappa shape index (κ3) is 4.31. The highest BCUT2D eigenvalue weighted by Gasteiger charge is 2.35. The van der Waals surface area contributed by atoms with Crippen LogP contribution >= 0.6 is 0 Å². The lowest BCUT2D eigenvalue weighted by atomic mass is 9.72. The summed E-state index contributed by atoms with van der Waals surface area (Å²) >= 11 is 0. The molecule has 2 heterocycles. The summed E-state index contributed by atoms with van der Waals surface area (Å²) in [4.78, 5) is 20.6. The van der Waals surface area contributed by atoms with E-state index >= 15 is 0 Å². The molecule has 1 saturated carbocycles. The number of pyridine rings is 1. The summed E-state index contributed by atoms with van der Waals surface area (Å²) in [6, 6.07) is 4.04. The quantitative estimate of drug-likeness (QED) is 0.514. The van der Waals surface area contributed by atoms with E-state index in [2.05, 4.69) is 19.0 Å². The Balaban J connectivity index is 1.49. The van der Waals surface area contributed by atoms with Gasteiger partial charge in [-0.15, -0.1) is 0 Å². The molecule has 0 unspecified atom stereocenters. The molecule has 0 bridgehead atoms. The molecule has 0 spiro atoms. The van der Waals surface area contributed by atoms with Crippen molar-refractivity contribution in [2.75, 3.05) is 0 Å². The van der Waals surface area contributed by atoms with E-state index in [1.54, 1.807) is 0 Å². The first-order valence-corrected chi connectivity index (χ1v) is 11.9. The lowest BCUT2D eigenvalue weighted by Crippen LogP contribution is -2.24. The van der Waals surface area contributed by atoms with Gasteiger partial charge < -0.3 is 9.63 Å². The number of rotatable bonds is 6. The molecular formula is C27H31N3O3. The lowest BCUT2D eigenvalue weighted by molar-refractivity contribution is -0.136. The molecule has 3 aromatic rings. The summed E-state index contributed by atoms with van der Waals surface area (Å²) in [5.41, 5.74) is 9.32. The number of hydrogen-bond acceptors (Lipinski definition) is 5. The molecule has 0 radical (unpaired) electrons. The molecule has 1 fully saturated rings. The zero-order valence-corrected chi connectivity index (χ0v) is 19.9. The summed E-state index contributed by atoms with van der Waals surface area (Å²) in [5, 5.41) is 13.3. The highest BCUT2D eigenvalue weighted by molar-refractivity contribution is 5.68. The molecule has 0 amide bonds. The molecule has 6 heteroatoms. The topological polar surface area (TPSA) is 89.1 Å². The molecular weight excluding hydrogens is 414 g/mol. The van der Waals surface area contributed by atoms with Gasteiger partial charge in [0.25, 0.3) is 5.89 Å². The van der Waals surface area contributed by atoms with Gasteiger partial charge in [-0.3, -0.25) is 9.78 Å². The van der Waals surface area contributed by atoms with Gasteiger partial charge in [0, 0.05) is 29.8 Å². The van der Waals surface area contributed by atoms with Crippen molar-refractivity contribution in [3.8, 4) is 22.8 Å². The molecule has 2 aromatic heterocycles. The van der Waals surface area contributed by atoms with Crippen LogP contribution < -0.4 is 0 Å². The summed E-state index contributed by atoms with van der Waals surface area (Å²) in [5.74, 6) is 0.914. The van der Waals surface area contributed by atoms with E-state index in [1.165, 1.54) is 29.7 Å². The number of aliphatic carboxylic acids is 1. The molecule has 1 N–H and O–H groups in total. The van der Waals surface area contributed by atoms with Gasteiger partial charge in [0.15, 0.2) is 0 Å². The summed E-state index contributed by atoms with van der Waals surface area (Å²) < 4.78 is 5.75. The highest BCUT2D eigenvalue weighted by atomic mass is 16.5. The van der Waals surface area contributed by atoms with Crippen molar-refractivity contribution in [1.29, 1.82) is 0 Å². The van der Waals surface area contributed by atoms with Crippen LogP contribution in [0.2, 0.25) is 0 Å². The maximum atomic E-state index is 11.0. The number of nitrogens with zero attached hydrogens (tertiary/aromatic N) is 3. The fraction of sp³-hybridized carbons (Fsp3) is 0.481. The number of fused-ring (bicyclic) bond motifs is 1. The van der Waals surface area contributed by atoms with Crippen molar-refractivity contribution < 1.29 is 14.4 Å². The van der Waals surface area contributed by atoms with Crippen molar-refractivity contribution in [3.63, 3.8) is 0 Å². The number of aromatic nitrogens is 3. The van der Waals surface area contributed by atoms with E-state index in [0.29, 0.717) is 24.1 Å². The SMILES string of the molecule is Cc1cc(-c2noc(-c3cnc(C4CC4)c4c3CCC(C)(C)C4)n2)cc(C)c1CCC(=O)O. The molecule has 0 atom stereocenters. The van der Waals surface area contributed by atoms with E-state index in [9.17, 15) is 4.79 Å². The van der Waals surface area contributed by atoms with Gasteiger partial charge in [0.1, 0.15) is 0 Å². The summed E-state index contributed by atoms with van der Waals surface area (Å²) in [7, 11) is 0. The Morgan fingerprint density at radius 1 is 1.18 bits per heavy atom. The Labute approximate surface area is 194 Å². The van der Waals surface area contributed by atoms with Gasteiger partial charge in [-0.1, -0.05) is 19.0 Å². The van der Waals surface area contributed by atoms with Gasteiger partial charge in [0.2, 0.25) is 5.82 Å². The van der Waals surface area contributed by atoms with Crippen molar-refractivity contribution >= 4 is 5.97 Å². The predicted octanol–water partition coefficient (Wildman–Crippen LogP) is 5.82. The fourth-order valence-electron chi connectivity index (χ4n) is 5.21. The number of carbonyl (C=O) groups is 1. The largest absolute Gasteiger partial charge is 0.481 e. The molecule has 6 nitrogen and oxygen atoms in total. The van der Waals surface area contributed by atoms with Crippen molar-refractivity contribution in [1.82, 2.24) is 15.1 Å². The first kappa shape index (κ1) is 21.8. The standard InChI is InChI=1S/C27H31N3O3/c1-15-11-18(12-16(2)19(15)7-8-23(31)32)25-29-26(33-30-25)22-14-28-24(17-5-6-17)21-13-27(3,4)10-9-20(21)22/h11-12,14,17H,5-10,13H2,1-4H3,(H,31,32). The number of carboxylic acid groups (broad SMARTS) is 1. The molecule has 0 aliphatic heterocycles. The molecule has 2 aliphatic rings. The first-order chi connectivity index (χ1) is 15.7. The number of carboxylic acids is 1. The fourth-order valence-corrected chi connectivity index (χ4v) is 5.21. The Kier molecular flexibility index (Phi) is 5.34. The second-order valence-electron chi connectivity index (χ2n) is 10.5. The van der Waals surface area contributed by atoms with E-state index in [0.717, 1.165) is 47.1 Å². The average Bonchev–Trinajstić information content (AvgIpc) is 3.47. The average molecular weight is 446 g/mol. The Bertz CT molecular complexity index is 1210. The maximum absolute atomic E-state index is 11.0. The zero-order valence-electron chi connectivity index (χ0n) is 19.9. The maximum Gasteiger partial charge on any atom is 0.303 e. The van der Waals surface area contributed by atoms with Gasteiger partial charge in [-0.25, -0.2) is 0 Å². The number of aryl methyl sites for hydroxylation is 2. The predicted molar refractivity (Wildman–Crippen MR) is 126 cm³/mol. The Morgan fingerprint density at radius 3 is 2.58 bits per heavy atom. The normalized spacial score (nSPS) is 17.1. The van der Waals surface area contributed by atoms with Crippen LogP contribution in [-0.2, 0) is 24.1 Å². The number of hydrogen-bond donors (Lipinski definition) is 1. The summed E-state index contributed by atoms with van der Waals surface area (Å²) in [6.45, 7) is 8.70. The minimum absolute atomic E-state index is 0.124. The first-order valence-electron chi connectivity index (χ1n) is 11.9. The van der Waals surface area contributed by atoms with Gasteiger partial charge in [-0.2, -0.15) is 4.98 Å². The highest BCUT2D eigenvalue weighted by Crippen LogP contribution is 2.47. The molecule has 172 valence electrons. The van der Waals surface area contributed by atoms with Gasteiger partial charge in [0.05, 0.1) is 5.56 Å². The third-order valence-corrected chi connectivity index (χ3v) is 7.20. The van der Waals surface area contributed by atoms with Crippen LogP contribution in [0, 0.1) is 19.3 Å². The monoisotopic (exact) mass is 445 g/mol. The second-order valence-corrected chi connectivity index (χ2v) is 10.5. The summed E-state index contributed by atoms with van der Waals surface area (Å²) in [6.07, 6.45) is 8.26.